The molecule has 1 amide bonds. The van der Waals surface area contributed by atoms with Crippen LogP contribution in [0.15, 0.2) is 35.6 Å². The van der Waals surface area contributed by atoms with Gasteiger partial charge in [-0.25, -0.2) is 9.78 Å². The monoisotopic (exact) mass is 494 g/mol. The lowest BCUT2D eigenvalue weighted by molar-refractivity contribution is -0.143. The topological polar surface area (TPSA) is 113 Å². The summed E-state index contributed by atoms with van der Waals surface area (Å²) in [6, 6.07) is 3.35. The number of hydrogen-bond donors (Lipinski definition) is 4. The van der Waals surface area contributed by atoms with Crippen LogP contribution in [0.3, 0.4) is 0 Å². The average molecular weight is 495 g/mol. The van der Waals surface area contributed by atoms with Crippen LogP contribution in [0.4, 0.5) is 5.82 Å². The number of carbonyl (C=O) groups is 2. The summed E-state index contributed by atoms with van der Waals surface area (Å²) in [7, 11) is 0. The van der Waals surface area contributed by atoms with Crippen molar-refractivity contribution in [3.63, 3.8) is 0 Å². The lowest BCUT2D eigenvalue weighted by atomic mass is 9.91. The molecule has 4 aliphatic rings. The van der Waals surface area contributed by atoms with Gasteiger partial charge in [-0.1, -0.05) is 18.2 Å². The molecule has 0 aromatic carbocycles. The third-order valence-electron chi connectivity index (χ3n) is 7.74. The first-order chi connectivity index (χ1) is 17.6. The van der Waals surface area contributed by atoms with Crippen molar-refractivity contribution in [2.75, 3.05) is 31.6 Å². The van der Waals surface area contributed by atoms with E-state index in [2.05, 4.69) is 40.2 Å². The second-order valence-electron chi connectivity index (χ2n) is 10.5. The summed E-state index contributed by atoms with van der Waals surface area (Å²) in [6.07, 6.45) is 13.4. The number of anilines is 1. The van der Waals surface area contributed by atoms with E-state index in [0.717, 1.165) is 75.2 Å². The first-order valence-electron chi connectivity index (χ1n) is 13.6. The third kappa shape index (κ3) is 5.75. The summed E-state index contributed by atoms with van der Waals surface area (Å²) in [5.41, 5.74) is 4.07. The molecule has 1 atom stereocenters. The summed E-state index contributed by atoms with van der Waals surface area (Å²) in [5.74, 6) is 0.388. The summed E-state index contributed by atoms with van der Waals surface area (Å²) in [6.45, 7) is 2.59. The van der Waals surface area contributed by atoms with Crippen LogP contribution < -0.4 is 16.0 Å². The van der Waals surface area contributed by atoms with E-state index in [0.29, 0.717) is 19.1 Å². The maximum atomic E-state index is 13.2. The number of carboxylic acids is 1. The SMILES string of the molecule is O=C(O)C(CCOCCCCc1ccc2c(n1)NCCC2)NC(=O)C1(C2=C(C3CC3)C=CCN2)CC1. The number of nitrogens with one attached hydrogen (secondary N) is 3. The summed E-state index contributed by atoms with van der Waals surface area (Å²) in [4.78, 5) is 29.8. The van der Waals surface area contributed by atoms with Crippen LogP contribution in [0, 0.1) is 11.3 Å². The molecule has 194 valence electrons. The van der Waals surface area contributed by atoms with Crippen molar-refractivity contribution in [3.05, 3.63) is 46.8 Å². The zero-order valence-corrected chi connectivity index (χ0v) is 21.0. The number of unbranched alkanes of at least 4 members (excludes halogenated alkanes) is 1. The Bertz CT molecular complexity index is 1040. The number of allylic oxidation sites excluding steroid dienone is 2. The van der Waals surface area contributed by atoms with Gasteiger partial charge in [0.2, 0.25) is 5.91 Å². The number of fused-ring (bicyclic) bond motifs is 1. The van der Waals surface area contributed by atoms with Gasteiger partial charge in [-0.3, -0.25) is 4.79 Å². The minimum absolute atomic E-state index is 0.169. The largest absolute Gasteiger partial charge is 0.480 e. The molecule has 8 heteroatoms. The van der Waals surface area contributed by atoms with Gasteiger partial charge in [0, 0.05) is 44.1 Å². The van der Waals surface area contributed by atoms with Gasteiger partial charge in [0.05, 0.1) is 5.41 Å². The van der Waals surface area contributed by atoms with Gasteiger partial charge in [-0.05, 0) is 80.9 Å². The van der Waals surface area contributed by atoms with E-state index in [1.165, 1.54) is 24.0 Å². The average Bonchev–Trinajstić information content (AvgIpc) is 3.81. The fourth-order valence-corrected chi connectivity index (χ4v) is 5.30. The number of amides is 1. The summed E-state index contributed by atoms with van der Waals surface area (Å²) < 4.78 is 5.72. The molecule has 36 heavy (non-hydrogen) atoms. The van der Waals surface area contributed by atoms with E-state index in [1.54, 1.807) is 0 Å². The van der Waals surface area contributed by atoms with Crippen molar-refractivity contribution < 1.29 is 19.4 Å². The highest BCUT2D eigenvalue weighted by molar-refractivity contribution is 5.92. The number of aryl methyl sites for hydroxylation is 2. The van der Waals surface area contributed by atoms with E-state index in [4.69, 9.17) is 9.72 Å². The Morgan fingerprint density at radius 2 is 2.06 bits per heavy atom. The fraction of sp³-hybridized carbons (Fsp3) is 0.607. The molecule has 1 aromatic heterocycles. The highest BCUT2D eigenvalue weighted by Gasteiger charge is 2.55. The standard InChI is InChI=1S/C28H38N4O4/c33-26(34)23(32-27(35)28(13-14-28)24-22(19-8-9-19)7-4-15-29-24)12-18-36-17-2-1-6-21-11-10-20-5-3-16-30-25(20)31-21/h4,7,10-11,19,23,29H,1-3,5-6,8-9,12-18H2,(H,30,31)(H,32,35)(H,33,34). The molecule has 8 nitrogen and oxygen atoms in total. The van der Waals surface area contributed by atoms with Gasteiger partial charge in [0.25, 0.3) is 0 Å². The van der Waals surface area contributed by atoms with E-state index >= 15 is 0 Å². The normalized spacial score (nSPS) is 20.7. The van der Waals surface area contributed by atoms with Crippen LogP contribution in [0.2, 0.25) is 0 Å². The number of pyridine rings is 1. The van der Waals surface area contributed by atoms with Crippen molar-refractivity contribution in [1.29, 1.82) is 0 Å². The van der Waals surface area contributed by atoms with Crippen LogP contribution in [0.25, 0.3) is 0 Å². The molecular weight excluding hydrogens is 456 g/mol. The molecule has 0 radical (unpaired) electrons. The zero-order chi connectivity index (χ0) is 25.0. The van der Waals surface area contributed by atoms with Crippen molar-refractivity contribution in [1.82, 2.24) is 15.6 Å². The van der Waals surface area contributed by atoms with E-state index in [9.17, 15) is 14.7 Å². The predicted octanol–water partition coefficient (Wildman–Crippen LogP) is 3.34. The first-order valence-corrected chi connectivity index (χ1v) is 13.6. The van der Waals surface area contributed by atoms with Crippen LogP contribution in [0.5, 0.6) is 0 Å². The number of ether oxygens (including phenoxy) is 1. The molecule has 3 heterocycles. The maximum Gasteiger partial charge on any atom is 0.326 e. The zero-order valence-electron chi connectivity index (χ0n) is 21.0. The number of carbonyl (C=O) groups excluding carboxylic acids is 1. The Morgan fingerprint density at radius 1 is 1.19 bits per heavy atom. The smallest absolute Gasteiger partial charge is 0.326 e. The predicted molar refractivity (Wildman–Crippen MR) is 138 cm³/mol. The summed E-state index contributed by atoms with van der Waals surface area (Å²) >= 11 is 0. The number of dihydropyridines is 1. The number of aliphatic carboxylic acids is 1. The Morgan fingerprint density at radius 3 is 2.83 bits per heavy atom. The molecule has 1 unspecified atom stereocenters. The first kappa shape index (κ1) is 24.8. The number of aromatic nitrogens is 1. The molecule has 0 spiro atoms. The van der Waals surface area contributed by atoms with E-state index < -0.39 is 17.4 Å². The number of rotatable bonds is 13. The minimum Gasteiger partial charge on any atom is -0.480 e. The van der Waals surface area contributed by atoms with Gasteiger partial charge in [-0.2, -0.15) is 0 Å². The van der Waals surface area contributed by atoms with Crippen molar-refractivity contribution in [2.24, 2.45) is 11.3 Å². The quantitative estimate of drug-likeness (QED) is 0.311. The molecular formula is C28H38N4O4. The Balaban J connectivity index is 1.04. The molecule has 4 N–H and O–H groups in total. The van der Waals surface area contributed by atoms with Crippen LogP contribution in [-0.4, -0.2) is 54.3 Å². The van der Waals surface area contributed by atoms with Gasteiger partial charge in [0.15, 0.2) is 0 Å². The molecule has 0 saturated heterocycles. The molecule has 1 aromatic rings. The fourth-order valence-electron chi connectivity index (χ4n) is 5.30. The van der Waals surface area contributed by atoms with Gasteiger partial charge in [0.1, 0.15) is 11.9 Å². The molecule has 2 fully saturated rings. The highest BCUT2D eigenvalue weighted by Crippen LogP contribution is 2.55. The van der Waals surface area contributed by atoms with Gasteiger partial charge in [-0.15, -0.1) is 0 Å². The van der Waals surface area contributed by atoms with Crippen molar-refractivity contribution in [2.45, 2.75) is 70.3 Å². The Hall–Kier alpha value is -2.87. The number of nitrogens with zero attached hydrogens (tertiary/aromatic N) is 1. The van der Waals surface area contributed by atoms with Crippen LogP contribution in [-0.2, 0) is 27.2 Å². The molecule has 2 aliphatic carbocycles. The lowest BCUT2D eigenvalue weighted by Crippen LogP contribution is -2.47. The van der Waals surface area contributed by atoms with E-state index in [-0.39, 0.29) is 12.3 Å². The Labute approximate surface area is 213 Å². The van der Waals surface area contributed by atoms with Crippen molar-refractivity contribution in [3.8, 4) is 0 Å². The van der Waals surface area contributed by atoms with Gasteiger partial charge < -0.3 is 25.8 Å². The van der Waals surface area contributed by atoms with Crippen LogP contribution in [0.1, 0.15) is 62.6 Å². The maximum absolute atomic E-state index is 13.2. The molecule has 5 rings (SSSR count). The minimum atomic E-state index is -1.01. The van der Waals surface area contributed by atoms with E-state index in [1.807, 2.05) is 0 Å². The van der Waals surface area contributed by atoms with Crippen molar-refractivity contribution >= 4 is 17.7 Å². The second kappa shape index (κ2) is 11.0. The van der Waals surface area contributed by atoms with Gasteiger partial charge >= 0.3 is 5.97 Å². The molecule has 0 bridgehead atoms. The highest BCUT2D eigenvalue weighted by atomic mass is 16.5. The molecule has 2 saturated carbocycles. The van der Waals surface area contributed by atoms with Crippen LogP contribution >= 0.6 is 0 Å². The lowest BCUT2D eigenvalue weighted by Gasteiger charge is -2.27. The third-order valence-corrected chi connectivity index (χ3v) is 7.74. The number of carboxylic acid groups (broad SMARTS) is 1. The Kier molecular flexibility index (Phi) is 7.60. The summed E-state index contributed by atoms with van der Waals surface area (Å²) in [5, 5.41) is 19.3. The molecule has 2 aliphatic heterocycles. The number of hydrogen-bond acceptors (Lipinski definition) is 6. The second-order valence-corrected chi connectivity index (χ2v) is 10.5.